The van der Waals surface area contributed by atoms with Crippen molar-refractivity contribution >= 4 is 17.9 Å². The van der Waals surface area contributed by atoms with E-state index < -0.39 is 42.3 Å². The number of hydrogen-bond acceptors (Lipinski definition) is 10. The van der Waals surface area contributed by atoms with Crippen LogP contribution in [0.5, 0.6) is 0 Å². The number of nitrogens with zero attached hydrogens (tertiary/aromatic N) is 2. The summed E-state index contributed by atoms with van der Waals surface area (Å²) in [6.07, 6.45) is -2.53. The molecule has 1 saturated heterocycles. The van der Waals surface area contributed by atoms with Gasteiger partial charge in [-0.2, -0.15) is 4.98 Å². The monoisotopic (exact) mass is 371 g/mol. The maximum atomic E-state index is 12.7. The first-order valence-corrected chi connectivity index (χ1v) is 7.66. The molecule has 0 aliphatic carbocycles. The van der Waals surface area contributed by atoms with Crippen LogP contribution >= 0.6 is 0 Å². The number of carbonyl (C=O) groups excluding carboxylic acids is 1. The van der Waals surface area contributed by atoms with Gasteiger partial charge in [0.1, 0.15) is 30.7 Å². The third-order valence-corrected chi connectivity index (χ3v) is 3.99. The van der Waals surface area contributed by atoms with Crippen molar-refractivity contribution in [2.24, 2.45) is 0 Å². The van der Waals surface area contributed by atoms with Gasteiger partial charge in [-0.05, 0) is 0 Å². The molecule has 1 aromatic heterocycles. The summed E-state index contributed by atoms with van der Waals surface area (Å²) in [6.45, 7) is 2.67. The number of hydrogen-bond donors (Lipinski definition) is 4. The van der Waals surface area contributed by atoms with Gasteiger partial charge in [0.15, 0.2) is 0 Å². The van der Waals surface area contributed by atoms with Crippen molar-refractivity contribution in [2.75, 3.05) is 32.7 Å². The van der Waals surface area contributed by atoms with E-state index in [2.05, 4.69) is 11.6 Å². The number of aliphatic hydroxyl groups is 3. The highest BCUT2D eigenvalue weighted by molar-refractivity contribution is 5.79. The van der Waals surface area contributed by atoms with Gasteiger partial charge in [-0.25, -0.2) is 9.59 Å². The highest BCUT2D eigenvalue weighted by Gasteiger charge is 2.62. The second-order valence-electron chi connectivity index (χ2n) is 5.54. The van der Waals surface area contributed by atoms with Gasteiger partial charge >= 0.3 is 11.7 Å². The Morgan fingerprint density at radius 1 is 1.54 bits per heavy atom. The fourth-order valence-electron chi connectivity index (χ4n) is 2.61. The van der Waals surface area contributed by atoms with Crippen molar-refractivity contribution in [3.05, 3.63) is 28.8 Å². The normalized spacial score (nSPS) is 28.1. The maximum absolute atomic E-state index is 12.7. The Balaban J connectivity index is 2.61. The third kappa shape index (κ3) is 3.22. The molecule has 0 saturated carbocycles. The minimum absolute atomic E-state index is 0.0523. The molecule has 11 nitrogen and oxygen atoms in total. The van der Waals surface area contributed by atoms with E-state index in [1.165, 1.54) is 13.2 Å². The largest absolute Gasteiger partial charge is 0.460 e. The number of rotatable bonds is 7. The molecular weight excluding hydrogens is 350 g/mol. The van der Waals surface area contributed by atoms with Crippen LogP contribution in [0, 0.1) is 0 Å². The highest BCUT2D eigenvalue weighted by Crippen LogP contribution is 2.36. The Labute approximate surface area is 148 Å². The maximum Gasteiger partial charge on any atom is 0.363 e. The molecule has 0 spiro atoms. The van der Waals surface area contributed by atoms with Crippen LogP contribution in [-0.4, -0.2) is 76.1 Å². The third-order valence-electron chi connectivity index (χ3n) is 3.99. The molecule has 4 atom stereocenters. The summed E-state index contributed by atoms with van der Waals surface area (Å²) in [7, 11) is 1.39. The Morgan fingerprint density at radius 2 is 2.23 bits per heavy atom. The Kier molecular flexibility index (Phi) is 6.10. The van der Waals surface area contributed by atoms with E-state index >= 15 is 0 Å². The predicted octanol–water partition coefficient (Wildman–Crippen LogP) is -2.58. The van der Waals surface area contributed by atoms with E-state index in [1.807, 2.05) is 0 Å². The van der Waals surface area contributed by atoms with E-state index in [1.54, 1.807) is 0 Å². The zero-order valence-electron chi connectivity index (χ0n) is 14.1. The molecule has 1 fully saturated rings. The van der Waals surface area contributed by atoms with Crippen molar-refractivity contribution in [3.63, 3.8) is 0 Å². The molecule has 0 radical (unpaired) electrons. The number of nitrogen functional groups attached to an aromatic ring is 1. The predicted molar refractivity (Wildman–Crippen MR) is 87.8 cm³/mol. The van der Waals surface area contributed by atoms with Crippen molar-refractivity contribution in [1.82, 2.24) is 9.55 Å². The minimum Gasteiger partial charge on any atom is -0.460 e. The lowest BCUT2D eigenvalue weighted by Gasteiger charge is -2.31. The van der Waals surface area contributed by atoms with E-state index in [-0.39, 0.29) is 24.6 Å². The molecule has 2 heterocycles. The van der Waals surface area contributed by atoms with Gasteiger partial charge in [-0.3, -0.25) is 4.57 Å². The molecule has 1 aliphatic rings. The SMILES string of the molecule is C=Cc1cn([C@]2(C(=O)OCCOC)O[C@H](CO)[C@@H](O)[C@H]2O)c(=O)nc1N. The molecule has 144 valence electrons. The first-order chi connectivity index (χ1) is 12.3. The van der Waals surface area contributed by atoms with Crippen molar-refractivity contribution in [2.45, 2.75) is 24.0 Å². The van der Waals surface area contributed by atoms with Crippen LogP contribution in [0.3, 0.4) is 0 Å². The summed E-state index contributed by atoms with van der Waals surface area (Å²) >= 11 is 0. The second kappa shape index (κ2) is 7.93. The molecule has 1 aromatic rings. The number of nitrogens with two attached hydrogens (primary N) is 1. The van der Waals surface area contributed by atoms with Gasteiger partial charge in [-0.15, -0.1) is 0 Å². The molecule has 1 aliphatic heterocycles. The van der Waals surface area contributed by atoms with Gasteiger partial charge < -0.3 is 35.3 Å². The van der Waals surface area contributed by atoms with Crippen LogP contribution in [0.15, 0.2) is 17.6 Å². The summed E-state index contributed by atoms with van der Waals surface area (Å²) in [4.78, 5) is 28.6. The first-order valence-electron chi connectivity index (χ1n) is 7.66. The van der Waals surface area contributed by atoms with Crippen LogP contribution < -0.4 is 11.4 Å². The number of ether oxygens (including phenoxy) is 3. The fourth-order valence-corrected chi connectivity index (χ4v) is 2.61. The van der Waals surface area contributed by atoms with Gasteiger partial charge in [0.05, 0.1) is 13.2 Å². The van der Waals surface area contributed by atoms with Crippen LogP contribution in [0.25, 0.3) is 6.08 Å². The van der Waals surface area contributed by atoms with Gasteiger partial charge in [0.25, 0.3) is 5.72 Å². The number of aliphatic hydroxyl groups excluding tert-OH is 3. The second-order valence-corrected chi connectivity index (χ2v) is 5.54. The molecule has 0 amide bonds. The summed E-state index contributed by atoms with van der Waals surface area (Å²) in [5.41, 5.74) is 2.31. The Hall–Kier alpha value is -2.31. The number of carbonyl (C=O) groups is 1. The van der Waals surface area contributed by atoms with E-state index in [0.29, 0.717) is 4.57 Å². The van der Waals surface area contributed by atoms with E-state index in [9.17, 15) is 24.9 Å². The molecule has 0 unspecified atom stereocenters. The number of methoxy groups -OCH3 is 1. The molecule has 0 aromatic carbocycles. The van der Waals surface area contributed by atoms with Crippen LogP contribution in [0.1, 0.15) is 5.56 Å². The summed E-state index contributed by atoms with van der Waals surface area (Å²) in [5.74, 6) is -1.31. The quantitative estimate of drug-likeness (QED) is 0.295. The van der Waals surface area contributed by atoms with Crippen molar-refractivity contribution in [1.29, 1.82) is 0 Å². The van der Waals surface area contributed by atoms with Gasteiger partial charge in [-0.1, -0.05) is 12.7 Å². The van der Waals surface area contributed by atoms with Crippen LogP contribution in [-0.2, 0) is 24.7 Å². The average Bonchev–Trinajstić information content (AvgIpc) is 2.87. The zero-order valence-corrected chi connectivity index (χ0v) is 14.1. The van der Waals surface area contributed by atoms with E-state index in [0.717, 1.165) is 6.20 Å². The molecule has 5 N–H and O–H groups in total. The minimum atomic E-state index is -2.46. The molecule has 11 heteroatoms. The van der Waals surface area contributed by atoms with Gasteiger partial charge in [0.2, 0.25) is 0 Å². The summed E-state index contributed by atoms with van der Waals surface area (Å²) in [6, 6.07) is 0. The summed E-state index contributed by atoms with van der Waals surface area (Å²) in [5, 5.41) is 29.9. The first kappa shape index (κ1) is 20.0. The lowest BCUT2D eigenvalue weighted by Crippen LogP contribution is -2.56. The smallest absolute Gasteiger partial charge is 0.363 e. The fraction of sp³-hybridized carbons (Fsp3) is 0.533. The average molecular weight is 371 g/mol. The Bertz CT molecular complexity index is 736. The number of anilines is 1. The molecular formula is C15H21N3O8. The standard InChI is InChI=1S/C15H21N3O8/c1-3-8-6-18(14(23)17-12(8)16)15(13(22)25-5-4-24-2)11(21)10(20)9(7-19)26-15/h3,6,9-11,19-21H,1,4-5,7H2,2H3,(H2,16,17,23)/t9-,10-,11-,15+/m1/s1. The highest BCUT2D eigenvalue weighted by atomic mass is 16.6. The lowest BCUT2D eigenvalue weighted by atomic mass is 10.0. The molecule has 0 bridgehead atoms. The van der Waals surface area contributed by atoms with Crippen LogP contribution in [0.2, 0.25) is 0 Å². The Morgan fingerprint density at radius 3 is 2.77 bits per heavy atom. The van der Waals surface area contributed by atoms with Crippen molar-refractivity contribution in [3.8, 4) is 0 Å². The topological polar surface area (TPSA) is 166 Å². The molecule has 2 rings (SSSR count). The molecule has 26 heavy (non-hydrogen) atoms. The summed E-state index contributed by atoms with van der Waals surface area (Å²) < 4.78 is 15.9. The lowest BCUT2D eigenvalue weighted by molar-refractivity contribution is -0.203. The van der Waals surface area contributed by atoms with Crippen molar-refractivity contribution < 1.29 is 34.3 Å². The number of esters is 1. The van der Waals surface area contributed by atoms with E-state index in [4.69, 9.17) is 19.9 Å². The number of aromatic nitrogens is 2. The van der Waals surface area contributed by atoms with Crippen LogP contribution in [0.4, 0.5) is 5.82 Å². The van der Waals surface area contributed by atoms with Gasteiger partial charge in [0, 0.05) is 18.9 Å². The zero-order chi connectivity index (χ0) is 19.5.